The quantitative estimate of drug-likeness (QED) is 0.494. The van der Waals surface area contributed by atoms with Gasteiger partial charge < -0.3 is 25.0 Å². The van der Waals surface area contributed by atoms with Crippen LogP contribution in [-0.4, -0.2) is 64.7 Å². The number of piperazine rings is 1. The highest BCUT2D eigenvalue weighted by Gasteiger charge is 2.18. The molecule has 2 N–H and O–H groups in total. The van der Waals surface area contributed by atoms with Crippen LogP contribution in [0.3, 0.4) is 0 Å². The molecule has 0 bridgehead atoms. The Morgan fingerprint density at radius 1 is 0.969 bits per heavy atom. The Labute approximate surface area is 188 Å². The van der Waals surface area contributed by atoms with E-state index in [9.17, 15) is 0 Å². The van der Waals surface area contributed by atoms with Gasteiger partial charge >= 0.3 is 0 Å². The number of pyridine rings is 1. The number of hydrogen-bond acceptors (Lipinski definition) is 7. The molecule has 5 rings (SSSR count). The van der Waals surface area contributed by atoms with Crippen LogP contribution in [0.4, 0.5) is 23.1 Å². The van der Waals surface area contributed by atoms with Crippen molar-refractivity contribution in [3.05, 3.63) is 42.9 Å². The van der Waals surface area contributed by atoms with Crippen molar-refractivity contribution in [2.75, 3.05) is 55.8 Å². The van der Waals surface area contributed by atoms with Gasteiger partial charge in [-0.2, -0.15) is 0 Å². The van der Waals surface area contributed by atoms with E-state index in [2.05, 4.69) is 80.3 Å². The van der Waals surface area contributed by atoms with Crippen LogP contribution in [0.15, 0.2) is 42.9 Å². The molecule has 1 aliphatic heterocycles. The smallest absolute Gasteiger partial charge is 0.228 e. The zero-order chi connectivity index (χ0) is 22.2. The van der Waals surface area contributed by atoms with E-state index >= 15 is 0 Å². The number of anilines is 4. The molecule has 4 aromatic rings. The topological polar surface area (TPSA) is 74.1 Å². The Kier molecular flexibility index (Phi) is 5.30. The van der Waals surface area contributed by atoms with E-state index in [1.807, 2.05) is 25.5 Å². The lowest BCUT2D eigenvalue weighted by Gasteiger charge is -2.34. The van der Waals surface area contributed by atoms with E-state index in [1.165, 1.54) is 5.39 Å². The molecular formula is C24H30N8. The first-order chi connectivity index (χ1) is 15.5. The molecule has 0 spiro atoms. The SMILES string of the molecule is CNc1cc(Nc2ncc3ccc4ccn(C(C)C)c4c3n2)ncc1N1CCN(C)CC1. The second kappa shape index (κ2) is 8.27. The number of likely N-dealkylation sites (N-methyl/N-ethyl adjacent to an activating group) is 1. The Balaban J connectivity index is 1.47. The fourth-order valence-electron chi connectivity index (χ4n) is 4.36. The molecule has 3 aromatic heterocycles. The summed E-state index contributed by atoms with van der Waals surface area (Å²) < 4.78 is 2.26. The molecule has 32 heavy (non-hydrogen) atoms. The molecule has 0 atom stereocenters. The van der Waals surface area contributed by atoms with Crippen LogP contribution < -0.4 is 15.5 Å². The summed E-state index contributed by atoms with van der Waals surface area (Å²) in [5.41, 5.74) is 4.25. The van der Waals surface area contributed by atoms with E-state index in [-0.39, 0.29) is 0 Å². The van der Waals surface area contributed by atoms with Crippen molar-refractivity contribution < 1.29 is 0 Å². The van der Waals surface area contributed by atoms with Gasteiger partial charge in [0.25, 0.3) is 0 Å². The first kappa shape index (κ1) is 20.5. The molecular weight excluding hydrogens is 400 g/mol. The number of fused-ring (bicyclic) bond motifs is 3. The zero-order valence-electron chi connectivity index (χ0n) is 19.1. The molecule has 8 heteroatoms. The molecule has 1 fully saturated rings. The second-order valence-corrected chi connectivity index (χ2v) is 8.70. The minimum absolute atomic E-state index is 0.353. The summed E-state index contributed by atoms with van der Waals surface area (Å²) in [5, 5.41) is 8.83. The van der Waals surface area contributed by atoms with Gasteiger partial charge in [-0.05, 0) is 27.0 Å². The number of rotatable bonds is 5. The predicted octanol–water partition coefficient (Wildman–Crippen LogP) is 4.10. The third kappa shape index (κ3) is 3.71. The van der Waals surface area contributed by atoms with E-state index < -0.39 is 0 Å². The Morgan fingerprint density at radius 2 is 1.75 bits per heavy atom. The molecule has 0 saturated carbocycles. The maximum atomic E-state index is 4.87. The predicted molar refractivity (Wildman–Crippen MR) is 132 cm³/mol. The fraction of sp³-hybridized carbons (Fsp3) is 0.375. The van der Waals surface area contributed by atoms with E-state index in [0.717, 1.165) is 59.8 Å². The number of nitrogens with zero attached hydrogens (tertiary/aromatic N) is 6. The lowest BCUT2D eigenvalue weighted by molar-refractivity contribution is 0.313. The van der Waals surface area contributed by atoms with Crippen LogP contribution in [0.5, 0.6) is 0 Å². The van der Waals surface area contributed by atoms with E-state index in [1.54, 1.807) is 0 Å². The minimum Gasteiger partial charge on any atom is -0.386 e. The van der Waals surface area contributed by atoms with Gasteiger partial charge in [-0.3, -0.25) is 0 Å². The van der Waals surface area contributed by atoms with Crippen molar-refractivity contribution in [2.24, 2.45) is 0 Å². The maximum Gasteiger partial charge on any atom is 0.228 e. The number of aromatic nitrogens is 4. The van der Waals surface area contributed by atoms with Gasteiger partial charge in [-0.25, -0.2) is 15.0 Å². The van der Waals surface area contributed by atoms with Gasteiger partial charge in [0.1, 0.15) is 11.3 Å². The average Bonchev–Trinajstić information content (AvgIpc) is 3.25. The highest BCUT2D eigenvalue weighted by molar-refractivity contribution is 6.03. The molecule has 0 aliphatic carbocycles. The fourth-order valence-corrected chi connectivity index (χ4v) is 4.36. The van der Waals surface area contributed by atoms with E-state index in [0.29, 0.717) is 12.0 Å². The normalized spacial score (nSPS) is 15.1. The van der Waals surface area contributed by atoms with Crippen LogP contribution in [0, 0.1) is 0 Å². The molecule has 1 saturated heterocycles. The second-order valence-electron chi connectivity index (χ2n) is 8.70. The number of benzene rings is 1. The van der Waals surface area contributed by atoms with Gasteiger partial charge in [0.15, 0.2) is 0 Å². The molecule has 0 amide bonds. The molecule has 1 aliphatic rings. The summed E-state index contributed by atoms with van der Waals surface area (Å²) >= 11 is 0. The summed E-state index contributed by atoms with van der Waals surface area (Å²) in [6.07, 6.45) is 5.93. The van der Waals surface area contributed by atoms with Crippen molar-refractivity contribution in [1.82, 2.24) is 24.4 Å². The summed E-state index contributed by atoms with van der Waals surface area (Å²) in [6.45, 7) is 8.48. The van der Waals surface area contributed by atoms with Crippen molar-refractivity contribution in [3.63, 3.8) is 0 Å². The van der Waals surface area contributed by atoms with Crippen LogP contribution >= 0.6 is 0 Å². The van der Waals surface area contributed by atoms with Gasteiger partial charge in [-0.15, -0.1) is 0 Å². The molecule has 8 nitrogen and oxygen atoms in total. The van der Waals surface area contributed by atoms with Crippen LogP contribution in [0.1, 0.15) is 19.9 Å². The highest BCUT2D eigenvalue weighted by Crippen LogP contribution is 2.30. The third-order valence-electron chi connectivity index (χ3n) is 6.22. The maximum absolute atomic E-state index is 4.87. The molecule has 4 heterocycles. The molecule has 0 unspecified atom stereocenters. The van der Waals surface area contributed by atoms with Gasteiger partial charge in [0.2, 0.25) is 5.95 Å². The Morgan fingerprint density at radius 3 is 2.50 bits per heavy atom. The molecule has 166 valence electrons. The van der Waals surface area contributed by atoms with E-state index in [4.69, 9.17) is 4.98 Å². The van der Waals surface area contributed by atoms with Crippen molar-refractivity contribution >= 4 is 44.9 Å². The van der Waals surface area contributed by atoms with Gasteiger partial charge in [0, 0.05) is 68.5 Å². The lowest BCUT2D eigenvalue weighted by atomic mass is 10.2. The standard InChI is InChI=1S/C24H30N8/c1-16(2)32-8-7-17-5-6-18-14-27-24(29-22(18)23(17)32)28-21-13-19(25-3)20(15-26-21)31-11-9-30(4)10-12-31/h5-8,13-16H,9-12H2,1-4H3,(H2,25,26,27,28,29). The van der Waals surface area contributed by atoms with Gasteiger partial charge in [-0.1, -0.05) is 12.1 Å². The molecule has 1 aromatic carbocycles. The van der Waals surface area contributed by atoms with Crippen molar-refractivity contribution in [1.29, 1.82) is 0 Å². The number of nitrogens with one attached hydrogen (secondary N) is 2. The van der Waals surface area contributed by atoms with Crippen LogP contribution in [-0.2, 0) is 0 Å². The van der Waals surface area contributed by atoms with Gasteiger partial charge in [0.05, 0.1) is 23.1 Å². The minimum atomic E-state index is 0.353. The Hall–Kier alpha value is -3.39. The monoisotopic (exact) mass is 430 g/mol. The lowest BCUT2D eigenvalue weighted by Crippen LogP contribution is -2.44. The molecule has 0 radical (unpaired) electrons. The highest BCUT2D eigenvalue weighted by atomic mass is 15.3. The first-order valence-corrected chi connectivity index (χ1v) is 11.2. The summed E-state index contributed by atoms with van der Waals surface area (Å²) in [4.78, 5) is 18.8. The summed E-state index contributed by atoms with van der Waals surface area (Å²) in [6, 6.07) is 8.73. The van der Waals surface area contributed by atoms with Crippen LogP contribution in [0.2, 0.25) is 0 Å². The van der Waals surface area contributed by atoms with Crippen molar-refractivity contribution in [3.8, 4) is 0 Å². The third-order valence-corrected chi connectivity index (χ3v) is 6.22. The average molecular weight is 431 g/mol. The van der Waals surface area contributed by atoms with Crippen LogP contribution in [0.25, 0.3) is 21.8 Å². The summed E-state index contributed by atoms with van der Waals surface area (Å²) in [7, 11) is 4.11. The zero-order valence-corrected chi connectivity index (χ0v) is 19.1. The number of hydrogen-bond donors (Lipinski definition) is 2. The summed E-state index contributed by atoms with van der Waals surface area (Å²) in [5.74, 6) is 1.27. The first-order valence-electron chi connectivity index (χ1n) is 11.2. The Bertz CT molecular complexity index is 1250. The largest absolute Gasteiger partial charge is 0.386 e. The van der Waals surface area contributed by atoms with Crippen molar-refractivity contribution in [2.45, 2.75) is 19.9 Å².